The molecular weight excluding hydrogens is 445 g/mol. The largest absolute Gasteiger partial charge is 0.378 e. The summed E-state index contributed by atoms with van der Waals surface area (Å²) >= 11 is 1.46. The Balaban J connectivity index is 1.30. The Morgan fingerprint density at radius 3 is 2.88 bits per heavy atom. The van der Waals surface area contributed by atoms with Gasteiger partial charge >= 0.3 is 0 Å². The van der Waals surface area contributed by atoms with E-state index in [-0.39, 0.29) is 11.7 Å². The van der Waals surface area contributed by atoms with Gasteiger partial charge in [-0.15, -0.1) is 0 Å². The third-order valence-electron chi connectivity index (χ3n) is 5.57. The average molecular weight is 468 g/mol. The minimum atomic E-state index is -0.410. The summed E-state index contributed by atoms with van der Waals surface area (Å²) in [4.78, 5) is 28.0. The lowest BCUT2D eigenvalue weighted by Crippen LogP contribution is -2.53. The van der Waals surface area contributed by atoms with Gasteiger partial charge in [0.2, 0.25) is 5.91 Å². The third kappa shape index (κ3) is 4.70. The van der Waals surface area contributed by atoms with Gasteiger partial charge in [-0.05, 0) is 17.7 Å². The number of morpholine rings is 1. The van der Waals surface area contributed by atoms with Gasteiger partial charge < -0.3 is 20.4 Å². The Kier molecular flexibility index (Phi) is 5.99. The van der Waals surface area contributed by atoms with Crippen molar-refractivity contribution in [2.45, 2.75) is 12.6 Å². The number of anilines is 2. The van der Waals surface area contributed by atoms with E-state index in [1.165, 1.54) is 23.5 Å². The molecule has 0 saturated carbocycles. The number of fused-ring (bicyclic) bond motifs is 1. The second-order valence-electron chi connectivity index (χ2n) is 7.69. The van der Waals surface area contributed by atoms with Crippen LogP contribution >= 0.6 is 11.3 Å². The zero-order chi connectivity index (χ0) is 22.8. The van der Waals surface area contributed by atoms with Crippen LogP contribution in [-0.4, -0.2) is 62.7 Å². The summed E-state index contributed by atoms with van der Waals surface area (Å²) in [6.45, 7) is 2.87. The molecule has 0 bridgehead atoms. The van der Waals surface area contributed by atoms with Gasteiger partial charge in [-0.2, -0.15) is 0 Å². The number of ether oxygens (including phenoxy) is 1. The number of nitrogens with two attached hydrogens (primary N) is 1. The molecule has 1 saturated heterocycles. The minimum Gasteiger partial charge on any atom is -0.378 e. The van der Waals surface area contributed by atoms with Gasteiger partial charge in [0.25, 0.3) is 0 Å². The van der Waals surface area contributed by atoms with E-state index in [0.717, 1.165) is 21.5 Å². The van der Waals surface area contributed by atoms with E-state index in [1.54, 1.807) is 30.9 Å². The molecule has 11 heteroatoms. The van der Waals surface area contributed by atoms with Gasteiger partial charge in [0.15, 0.2) is 5.13 Å². The van der Waals surface area contributed by atoms with Crippen molar-refractivity contribution in [1.82, 2.24) is 24.4 Å². The summed E-state index contributed by atoms with van der Waals surface area (Å²) in [6, 6.07) is 7.83. The van der Waals surface area contributed by atoms with Crippen LogP contribution in [0.4, 0.5) is 15.3 Å². The highest BCUT2D eigenvalue weighted by atomic mass is 32.1. The van der Waals surface area contributed by atoms with Crippen LogP contribution in [-0.2, 0) is 16.1 Å². The van der Waals surface area contributed by atoms with Crippen LogP contribution in [0.25, 0.3) is 21.5 Å². The predicted octanol–water partition coefficient (Wildman–Crippen LogP) is 2.62. The van der Waals surface area contributed by atoms with Crippen molar-refractivity contribution in [2.24, 2.45) is 5.73 Å². The van der Waals surface area contributed by atoms with Gasteiger partial charge in [-0.25, -0.2) is 19.3 Å². The summed E-state index contributed by atoms with van der Waals surface area (Å²) in [6.07, 6.45) is 5.23. The first-order valence-corrected chi connectivity index (χ1v) is 11.3. The van der Waals surface area contributed by atoms with Crippen LogP contribution in [0.1, 0.15) is 0 Å². The van der Waals surface area contributed by atoms with Crippen molar-refractivity contribution >= 4 is 39.2 Å². The summed E-state index contributed by atoms with van der Waals surface area (Å²) in [5.74, 6) is 0.00414. The molecule has 1 aromatic carbocycles. The molecule has 5 rings (SSSR count). The molecular formula is C22H22FN7O2S. The molecule has 1 atom stereocenters. The predicted molar refractivity (Wildman–Crippen MR) is 124 cm³/mol. The number of aromatic nitrogens is 4. The van der Waals surface area contributed by atoms with E-state index in [2.05, 4.69) is 20.3 Å². The van der Waals surface area contributed by atoms with Crippen molar-refractivity contribution in [3.63, 3.8) is 0 Å². The average Bonchev–Trinajstić information content (AvgIpc) is 3.45. The van der Waals surface area contributed by atoms with E-state index in [0.29, 0.717) is 43.8 Å². The molecule has 0 aliphatic carbocycles. The molecule has 170 valence electrons. The topological polar surface area (TPSA) is 111 Å². The molecule has 0 spiro atoms. The number of primary amides is 1. The van der Waals surface area contributed by atoms with Gasteiger partial charge in [0.1, 0.15) is 23.2 Å². The van der Waals surface area contributed by atoms with Crippen LogP contribution < -0.4 is 11.1 Å². The van der Waals surface area contributed by atoms with Gasteiger partial charge in [0, 0.05) is 31.9 Å². The number of amides is 1. The van der Waals surface area contributed by atoms with Crippen LogP contribution in [0.2, 0.25) is 0 Å². The Morgan fingerprint density at radius 2 is 2.06 bits per heavy atom. The minimum absolute atomic E-state index is 0.269. The van der Waals surface area contributed by atoms with E-state index < -0.39 is 6.04 Å². The number of halogens is 1. The molecule has 3 aromatic heterocycles. The quantitative estimate of drug-likeness (QED) is 0.430. The van der Waals surface area contributed by atoms with Crippen molar-refractivity contribution in [2.75, 3.05) is 31.6 Å². The fraction of sp³-hybridized carbons (Fsp3) is 0.273. The van der Waals surface area contributed by atoms with E-state index in [1.807, 2.05) is 15.5 Å². The van der Waals surface area contributed by atoms with Crippen LogP contribution in [0.15, 0.2) is 49.1 Å². The smallest absolute Gasteiger partial charge is 0.237 e. The Labute approximate surface area is 193 Å². The van der Waals surface area contributed by atoms with Crippen LogP contribution in [0.5, 0.6) is 0 Å². The molecule has 1 fully saturated rings. The molecule has 4 aromatic rings. The summed E-state index contributed by atoms with van der Waals surface area (Å²) < 4.78 is 20.6. The molecule has 3 N–H and O–H groups in total. The number of rotatable bonds is 7. The zero-order valence-corrected chi connectivity index (χ0v) is 18.5. The maximum absolute atomic E-state index is 13.2. The maximum atomic E-state index is 13.2. The number of nitrogens with one attached hydrogen (secondary N) is 1. The number of hydrogen-bond donors (Lipinski definition) is 2. The maximum Gasteiger partial charge on any atom is 0.237 e. The Hall–Kier alpha value is -3.41. The molecule has 1 amide bonds. The highest BCUT2D eigenvalue weighted by molar-refractivity contribution is 7.18. The highest BCUT2D eigenvalue weighted by Gasteiger charge is 2.27. The van der Waals surface area contributed by atoms with E-state index >= 15 is 0 Å². The summed E-state index contributed by atoms with van der Waals surface area (Å²) in [7, 11) is 0. The second kappa shape index (κ2) is 9.22. The number of nitrogens with zero attached hydrogens (tertiary/aromatic N) is 5. The summed E-state index contributed by atoms with van der Waals surface area (Å²) in [5.41, 5.74) is 8.12. The van der Waals surface area contributed by atoms with Crippen LogP contribution in [0.3, 0.4) is 0 Å². The molecule has 1 aliphatic rings. The first kappa shape index (κ1) is 21.4. The Bertz CT molecular complexity index is 1270. The Morgan fingerprint density at radius 1 is 1.21 bits per heavy atom. The molecule has 1 aliphatic heterocycles. The normalized spacial score (nSPS) is 16.8. The first-order valence-electron chi connectivity index (χ1n) is 10.5. The number of thiazole rings is 1. The van der Waals surface area contributed by atoms with Crippen LogP contribution in [0, 0.1) is 5.82 Å². The number of benzene rings is 1. The monoisotopic (exact) mass is 467 g/mol. The molecule has 33 heavy (non-hydrogen) atoms. The highest BCUT2D eigenvalue weighted by Crippen LogP contribution is 2.30. The molecule has 9 nitrogen and oxygen atoms in total. The zero-order valence-electron chi connectivity index (χ0n) is 17.6. The first-order chi connectivity index (χ1) is 16.1. The third-order valence-corrected chi connectivity index (χ3v) is 6.53. The number of hydrogen-bond acceptors (Lipinski definition) is 8. The number of carbonyl (C=O) groups is 1. The fourth-order valence-corrected chi connectivity index (χ4v) is 4.63. The van der Waals surface area contributed by atoms with E-state index in [4.69, 9.17) is 10.5 Å². The van der Waals surface area contributed by atoms with Crippen molar-refractivity contribution in [1.29, 1.82) is 0 Å². The second-order valence-corrected chi connectivity index (χ2v) is 8.72. The number of imidazole rings is 1. The molecule has 0 radical (unpaired) electrons. The lowest BCUT2D eigenvalue weighted by atomic mass is 10.2. The van der Waals surface area contributed by atoms with Gasteiger partial charge in [-0.3, -0.25) is 9.69 Å². The molecule has 4 heterocycles. The fourth-order valence-electron chi connectivity index (χ4n) is 3.80. The standard InChI is InChI=1S/C22H22FN7O2S/c23-15-3-1-14(2-4-15)19-11-26-22(33-19)28-20-9-17-16(10-25-20)27-13-30(17)6-5-29-7-8-32-12-18(29)21(24)31/h1-4,9-11,13,18H,5-8,12H2,(H2,24,31)(H,25,26,28). The number of pyridine rings is 1. The van der Waals surface area contributed by atoms with Crippen molar-refractivity contribution in [3.8, 4) is 10.4 Å². The number of carbonyl (C=O) groups excluding carboxylic acids is 1. The summed E-state index contributed by atoms with van der Waals surface area (Å²) in [5, 5.41) is 3.92. The van der Waals surface area contributed by atoms with Gasteiger partial charge in [-0.1, -0.05) is 23.5 Å². The van der Waals surface area contributed by atoms with E-state index in [9.17, 15) is 9.18 Å². The van der Waals surface area contributed by atoms with Crippen molar-refractivity contribution in [3.05, 3.63) is 54.9 Å². The van der Waals surface area contributed by atoms with Crippen molar-refractivity contribution < 1.29 is 13.9 Å². The SMILES string of the molecule is NC(=O)C1COCCN1CCn1cnc2cnc(Nc3ncc(-c4ccc(F)cc4)s3)cc21. The molecule has 1 unspecified atom stereocenters. The van der Waals surface area contributed by atoms with Gasteiger partial charge in [0.05, 0.1) is 36.1 Å². The lowest BCUT2D eigenvalue weighted by Gasteiger charge is -2.33. The lowest BCUT2D eigenvalue weighted by molar-refractivity contribution is -0.129.